The first-order valence-corrected chi connectivity index (χ1v) is 8.17. The van der Waals surface area contributed by atoms with Crippen LogP contribution in [0.15, 0.2) is 42.5 Å². The summed E-state index contributed by atoms with van der Waals surface area (Å²) in [6.45, 7) is 2.04. The lowest BCUT2D eigenvalue weighted by molar-refractivity contribution is 0.0953. The van der Waals surface area contributed by atoms with Crippen LogP contribution in [0.5, 0.6) is 0 Å². The van der Waals surface area contributed by atoms with E-state index in [0.29, 0.717) is 28.7 Å². The minimum Gasteiger partial charge on any atom is -0.321 e. The molecule has 122 valence electrons. The van der Waals surface area contributed by atoms with E-state index in [1.165, 1.54) is 6.07 Å². The second-order valence-electron chi connectivity index (χ2n) is 6.08. The maximum atomic E-state index is 12.7. The molecule has 4 nitrogen and oxygen atoms in total. The number of ketones is 3. The summed E-state index contributed by atoms with van der Waals surface area (Å²) in [5, 5.41) is 0. The van der Waals surface area contributed by atoms with Gasteiger partial charge < -0.3 is 5.73 Å². The van der Waals surface area contributed by atoms with Gasteiger partial charge in [0, 0.05) is 27.8 Å². The SMILES string of the molecule is CCCCC(N)C(=O)c1ccc2c(c1)C(=O)c1ccccc1C2=O. The second kappa shape index (κ2) is 6.49. The quantitative estimate of drug-likeness (QED) is 0.732. The summed E-state index contributed by atoms with van der Waals surface area (Å²) in [7, 11) is 0. The highest BCUT2D eigenvalue weighted by Gasteiger charge is 2.30. The van der Waals surface area contributed by atoms with Crippen molar-refractivity contribution in [2.75, 3.05) is 0 Å². The topological polar surface area (TPSA) is 77.2 Å². The zero-order valence-electron chi connectivity index (χ0n) is 13.5. The third kappa shape index (κ3) is 2.69. The summed E-state index contributed by atoms with van der Waals surface area (Å²) in [4.78, 5) is 37.7. The van der Waals surface area contributed by atoms with Crippen molar-refractivity contribution < 1.29 is 14.4 Å². The maximum absolute atomic E-state index is 12.7. The minimum atomic E-state index is -0.579. The predicted molar refractivity (Wildman–Crippen MR) is 91.6 cm³/mol. The molecule has 1 atom stereocenters. The number of carbonyl (C=O) groups is 3. The average molecular weight is 321 g/mol. The molecular formula is C20H19NO3. The first-order chi connectivity index (χ1) is 11.5. The monoisotopic (exact) mass is 321 g/mol. The van der Waals surface area contributed by atoms with Gasteiger partial charge in [0.05, 0.1) is 6.04 Å². The van der Waals surface area contributed by atoms with Crippen LogP contribution in [0.2, 0.25) is 0 Å². The van der Waals surface area contributed by atoms with Crippen LogP contribution in [0.25, 0.3) is 0 Å². The van der Waals surface area contributed by atoms with Crippen LogP contribution in [0.3, 0.4) is 0 Å². The number of hydrogen-bond donors (Lipinski definition) is 1. The van der Waals surface area contributed by atoms with Gasteiger partial charge in [-0.25, -0.2) is 0 Å². The summed E-state index contributed by atoms with van der Waals surface area (Å²) in [5.74, 6) is -0.600. The van der Waals surface area contributed by atoms with Gasteiger partial charge >= 0.3 is 0 Å². The van der Waals surface area contributed by atoms with Crippen molar-refractivity contribution in [2.24, 2.45) is 5.73 Å². The molecule has 2 N–H and O–H groups in total. The van der Waals surface area contributed by atoms with Crippen molar-refractivity contribution in [1.82, 2.24) is 0 Å². The number of benzene rings is 2. The van der Waals surface area contributed by atoms with Crippen molar-refractivity contribution in [3.63, 3.8) is 0 Å². The van der Waals surface area contributed by atoms with Crippen LogP contribution in [-0.2, 0) is 0 Å². The van der Waals surface area contributed by atoms with E-state index >= 15 is 0 Å². The van der Waals surface area contributed by atoms with Crippen molar-refractivity contribution in [2.45, 2.75) is 32.2 Å². The van der Waals surface area contributed by atoms with Gasteiger partial charge in [-0.1, -0.05) is 50.1 Å². The summed E-state index contributed by atoms with van der Waals surface area (Å²) in [5.41, 5.74) is 7.76. The fraction of sp³-hybridized carbons (Fsp3) is 0.250. The molecule has 1 aliphatic carbocycles. The lowest BCUT2D eigenvalue weighted by Crippen LogP contribution is -2.31. The average Bonchev–Trinajstić information content (AvgIpc) is 2.63. The number of nitrogens with two attached hydrogens (primary N) is 1. The van der Waals surface area contributed by atoms with E-state index in [4.69, 9.17) is 5.73 Å². The Bertz CT molecular complexity index is 839. The molecular weight excluding hydrogens is 302 g/mol. The fourth-order valence-electron chi connectivity index (χ4n) is 3.02. The van der Waals surface area contributed by atoms with Gasteiger partial charge in [0.2, 0.25) is 0 Å². The zero-order valence-corrected chi connectivity index (χ0v) is 13.5. The van der Waals surface area contributed by atoms with Gasteiger partial charge in [-0.3, -0.25) is 14.4 Å². The maximum Gasteiger partial charge on any atom is 0.194 e. The van der Waals surface area contributed by atoms with E-state index in [1.807, 2.05) is 6.92 Å². The molecule has 0 heterocycles. The molecule has 1 aliphatic rings. The highest BCUT2D eigenvalue weighted by atomic mass is 16.1. The van der Waals surface area contributed by atoms with Crippen LogP contribution in [0.4, 0.5) is 0 Å². The predicted octanol–water partition coefficient (Wildman–Crippen LogP) is 3.16. The number of carbonyl (C=O) groups excluding carboxylic acids is 3. The van der Waals surface area contributed by atoms with Gasteiger partial charge in [0.25, 0.3) is 0 Å². The molecule has 0 aliphatic heterocycles. The van der Waals surface area contributed by atoms with Gasteiger partial charge in [-0.05, 0) is 18.6 Å². The highest BCUT2D eigenvalue weighted by molar-refractivity contribution is 6.28. The van der Waals surface area contributed by atoms with E-state index in [9.17, 15) is 14.4 Å². The molecule has 0 amide bonds. The first kappa shape index (κ1) is 16.3. The van der Waals surface area contributed by atoms with E-state index < -0.39 is 6.04 Å². The lowest BCUT2D eigenvalue weighted by atomic mass is 9.82. The van der Waals surface area contributed by atoms with E-state index in [2.05, 4.69) is 0 Å². The number of rotatable bonds is 5. The van der Waals surface area contributed by atoms with E-state index in [0.717, 1.165) is 12.8 Å². The Kier molecular flexibility index (Phi) is 4.40. The standard InChI is InChI=1S/C20H19NO3/c1-2-3-8-17(21)18(22)12-9-10-15-16(11-12)20(24)14-7-5-4-6-13(14)19(15)23/h4-7,9-11,17H,2-3,8,21H2,1H3. The van der Waals surface area contributed by atoms with Crippen LogP contribution >= 0.6 is 0 Å². The van der Waals surface area contributed by atoms with Gasteiger partial charge in [0.15, 0.2) is 17.3 Å². The van der Waals surface area contributed by atoms with Gasteiger partial charge in [-0.2, -0.15) is 0 Å². The van der Waals surface area contributed by atoms with Crippen molar-refractivity contribution >= 4 is 17.3 Å². The fourth-order valence-corrected chi connectivity index (χ4v) is 3.02. The molecule has 0 fully saturated rings. The molecule has 1 unspecified atom stereocenters. The summed E-state index contributed by atoms with van der Waals surface area (Å²) >= 11 is 0. The third-order valence-corrected chi connectivity index (χ3v) is 4.42. The Morgan fingerprint density at radius 2 is 1.54 bits per heavy atom. The Morgan fingerprint density at radius 1 is 0.958 bits per heavy atom. The number of fused-ring (bicyclic) bond motifs is 2. The Balaban J connectivity index is 1.98. The van der Waals surface area contributed by atoms with Crippen LogP contribution in [0, 0.1) is 0 Å². The Labute approximate surface area is 140 Å². The molecule has 0 spiro atoms. The molecule has 2 aromatic rings. The minimum absolute atomic E-state index is 0.186. The highest BCUT2D eigenvalue weighted by Crippen LogP contribution is 2.28. The molecule has 0 saturated carbocycles. The summed E-state index contributed by atoms with van der Waals surface area (Å²) in [6, 6.07) is 10.8. The molecule has 0 radical (unpaired) electrons. The van der Waals surface area contributed by atoms with E-state index in [1.54, 1.807) is 36.4 Å². The first-order valence-electron chi connectivity index (χ1n) is 8.17. The lowest BCUT2D eigenvalue weighted by Gasteiger charge is -2.18. The zero-order chi connectivity index (χ0) is 17.3. The summed E-state index contributed by atoms with van der Waals surface area (Å²) in [6.07, 6.45) is 2.46. The van der Waals surface area contributed by atoms with Crippen LogP contribution in [-0.4, -0.2) is 23.4 Å². The molecule has 2 aromatic carbocycles. The number of Topliss-reactive ketones (excluding diaryl/α,β-unsaturated/α-hetero) is 1. The van der Waals surface area contributed by atoms with Crippen LogP contribution in [0.1, 0.15) is 68.4 Å². The second-order valence-corrected chi connectivity index (χ2v) is 6.08. The molecule has 0 aromatic heterocycles. The number of hydrogen-bond acceptors (Lipinski definition) is 4. The Hall–Kier alpha value is -2.59. The molecule has 4 heteroatoms. The third-order valence-electron chi connectivity index (χ3n) is 4.42. The van der Waals surface area contributed by atoms with Gasteiger partial charge in [0.1, 0.15) is 0 Å². The van der Waals surface area contributed by atoms with Crippen molar-refractivity contribution in [3.8, 4) is 0 Å². The van der Waals surface area contributed by atoms with Crippen molar-refractivity contribution in [1.29, 1.82) is 0 Å². The van der Waals surface area contributed by atoms with Crippen LogP contribution < -0.4 is 5.73 Å². The van der Waals surface area contributed by atoms with Gasteiger partial charge in [-0.15, -0.1) is 0 Å². The summed E-state index contributed by atoms with van der Waals surface area (Å²) < 4.78 is 0. The number of unbranched alkanes of at least 4 members (excludes halogenated alkanes) is 1. The molecule has 3 rings (SSSR count). The normalized spacial score (nSPS) is 14.1. The Morgan fingerprint density at radius 3 is 2.17 bits per heavy atom. The largest absolute Gasteiger partial charge is 0.321 e. The molecule has 24 heavy (non-hydrogen) atoms. The smallest absolute Gasteiger partial charge is 0.194 e. The van der Waals surface area contributed by atoms with Crippen molar-refractivity contribution in [3.05, 3.63) is 70.3 Å². The molecule has 0 saturated heterocycles. The molecule has 0 bridgehead atoms. The van der Waals surface area contributed by atoms with E-state index in [-0.39, 0.29) is 22.9 Å².